The first-order valence-electron chi connectivity index (χ1n) is 9.20. The summed E-state index contributed by atoms with van der Waals surface area (Å²) in [7, 11) is 0. The van der Waals surface area contributed by atoms with E-state index >= 15 is 0 Å². The molecule has 0 aliphatic rings. The van der Waals surface area contributed by atoms with Crippen LogP contribution in [0.25, 0.3) is 0 Å². The number of ether oxygens (including phenoxy) is 1. The number of nitrogens with zero attached hydrogens (tertiary/aromatic N) is 1. The number of hydrogen-bond acceptors (Lipinski definition) is 2. The van der Waals surface area contributed by atoms with E-state index in [0.29, 0.717) is 31.9 Å². The predicted molar refractivity (Wildman–Crippen MR) is 112 cm³/mol. The Kier molecular flexibility index (Phi) is 9.40. The van der Waals surface area contributed by atoms with Crippen LogP contribution in [0, 0.1) is 0 Å². The minimum atomic E-state index is 0.0393. The number of rotatable bonds is 11. The zero-order valence-corrected chi connectivity index (χ0v) is 15.7. The van der Waals surface area contributed by atoms with Crippen molar-refractivity contribution in [2.24, 2.45) is 0 Å². The number of carbonyl (C=O) groups excluding carboxylic acids is 1. The van der Waals surface area contributed by atoms with Gasteiger partial charge in [-0.1, -0.05) is 85.5 Å². The van der Waals surface area contributed by atoms with E-state index in [9.17, 15) is 4.79 Å². The van der Waals surface area contributed by atoms with E-state index in [1.807, 2.05) is 89.9 Å². The number of allylic oxidation sites excluding steroid dienone is 2. The van der Waals surface area contributed by atoms with Crippen molar-refractivity contribution in [2.75, 3.05) is 19.7 Å². The van der Waals surface area contributed by atoms with Gasteiger partial charge in [0.1, 0.15) is 0 Å². The second-order valence-corrected chi connectivity index (χ2v) is 6.04. The van der Waals surface area contributed by atoms with Crippen molar-refractivity contribution in [2.45, 2.75) is 13.0 Å². The smallest absolute Gasteiger partial charge is 0.254 e. The van der Waals surface area contributed by atoms with Gasteiger partial charge in [0.15, 0.2) is 0 Å². The van der Waals surface area contributed by atoms with Crippen molar-refractivity contribution in [1.29, 1.82) is 0 Å². The third-order valence-electron chi connectivity index (χ3n) is 3.96. The van der Waals surface area contributed by atoms with Crippen molar-refractivity contribution in [3.8, 4) is 0 Å². The van der Waals surface area contributed by atoms with Gasteiger partial charge in [0.05, 0.1) is 13.2 Å². The van der Waals surface area contributed by atoms with E-state index in [2.05, 4.69) is 6.58 Å². The summed E-state index contributed by atoms with van der Waals surface area (Å²) in [4.78, 5) is 14.6. The number of benzene rings is 2. The first-order valence-corrected chi connectivity index (χ1v) is 9.20. The topological polar surface area (TPSA) is 29.5 Å². The minimum Gasteiger partial charge on any atom is -0.373 e. The summed E-state index contributed by atoms with van der Waals surface area (Å²) in [6.45, 7) is 6.00. The summed E-state index contributed by atoms with van der Waals surface area (Å²) in [5.74, 6) is 0.0393. The summed E-state index contributed by atoms with van der Waals surface area (Å²) >= 11 is 0. The fourth-order valence-corrected chi connectivity index (χ4v) is 2.55. The Morgan fingerprint density at radius 1 is 0.963 bits per heavy atom. The second kappa shape index (κ2) is 12.4. The molecule has 0 unspecified atom stereocenters. The third-order valence-corrected chi connectivity index (χ3v) is 3.96. The number of hydrogen-bond donors (Lipinski definition) is 0. The molecule has 0 atom stereocenters. The summed E-state index contributed by atoms with van der Waals surface area (Å²) in [6.07, 6.45) is 10.4. The van der Waals surface area contributed by atoms with E-state index in [1.54, 1.807) is 6.08 Å². The highest BCUT2D eigenvalue weighted by Gasteiger charge is 2.13. The summed E-state index contributed by atoms with van der Waals surface area (Å²) < 4.78 is 5.65. The van der Waals surface area contributed by atoms with Crippen molar-refractivity contribution >= 4 is 5.91 Å². The van der Waals surface area contributed by atoms with Crippen LogP contribution in [0.3, 0.4) is 0 Å². The molecule has 0 bridgehead atoms. The zero-order chi connectivity index (χ0) is 19.2. The Balaban J connectivity index is 1.84. The zero-order valence-electron chi connectivity index (χ0n) is 15.7. The van der Waals surface area contributed by atoms with Gasteiger partial charge in [-0.05, 0) is 24.1 Å². The standard InChI is InChI=1S/C24H27NO2/c1-2-3-4-11-18-25(24(26)23-16-9-6-10-17-23)19-12-13-20-27-21-22-14-7-5-8-15-22/h2-10,12-17H,1,11,18-21H2/b4-3+,13-12-. The minimum absolute atomic E-state index is 0.0393. The molecule has 0 aliphatic carbocycles. The largest absolute Gasteiger partial charge is 0.373 e. The van der Waals surface area contributed by atoms with Crippen molar-refractivity contribution in [3.63, 3.8) is 0 Å². The van der Waals surface area contributed by atoms with Gasteiger partial charge in [-0.3, -0.25) is 4.79 Å². The summed E-state index contributed by atoms with van der Waals surface area (Å²) in [5, 5.41) is 0. The molecule has 0 aliphatic heterocycles. The SMILES string of the molecule is C=C/C=C/CCN(C/C=C\COCc1ccccc1)C(=O)c1ccccc1. The monoisotopic (exact) mass is 361 g/mol. The molecule has 3 nitrogen and oxygen atoms in total. The van der Waals surface area contributed by atoms with Gasteiger partial charge in [-0.15, -0.1) is 0 Å². The van der Waals surface area contributed by atoms with Crippen LogP contribution in [-0.2, 0) is 11.3 Å². The molecule has 1 amide bonds. The van der Waals surface area contributed by atoms with Crippen LogP contribution in [0.15, 0.2) is 97.6 Å². The second-order valence-electron chi connectivity index (χ2n) is 6.04. The summed E-state index contributed by atoms with van der Waals surface area (Å²) in [6, 6.07) is 19.5. The molecule has 0 radical (unpaired) electrons. The maximum absolute atomic E-state index is 12.7. The van der Waals surface area contributed by atoms with Crippen LogP contribution in [0.5, 0.6) is 0 Å². The van der Waals surface area contributed by atoms with Crippen molar-refractivity contribution < 1.29 is 9.53 Å². The molecule has 27 heavy (non-hydrogen) atoms. The summed E-state index contributed by atoms with van der Waals surface area (Å²) in [5.41, 5.74) is 1.86. The Bertz CT molecular complexity index is 735. The molecule has 2 aromatic rings. The lowest BCUT2D eigenvalue weighted by Gasteiger charge is -2.20. The molecule has 0 fully saturated rings. The van der Waals surface area contributed by atoms with Gasteiger partial charge >= 0.3 is 0 Å². The average molecular weight is 361 g/mol. The third kappa shape index (κ3) is 7.89. The Labute approximate surface area is 162 Å². The lowest BCUT2D eigenvalue weighted by Crippen LogP contribution is -2.32. The molecule has 0 heterocycles. The lowest BCUT2D eigenvalue weighted by molar-refractivity contribution is 0.0776. The van der Waals surface area contributed by atoms with E-state index < -0.39 is 0 Å². The molecule has 2 rings (SSSR count). The van der Waals surface area contributed by atoms with Crippen LogP contribution in [0.4, 0.5) is 0 Å². The van der Waals surface area contributed by atoms with Gasteiger partial charge in [-0.25, -0.2) is 0 Å². The van der Waals surface area contributed by atoms with E-state index in [4.69, 9.17) is 4.74 Å². The number of carbonyl (C=O) groups is 1. The Morgan fingerprint density at radius 3 is 2.37 bits per heavy atom. The van der Waals surface area contributed by atoms with Crippen molar-refractivity contribution in [1.82, 2.24) is 4.90 Å². The van der Waals surface area contributed by atoms with E-state index in [-0.39, 0.29) is 5.91 Å². The molecule has 140 valence electrons. The van der Waals surface area contributed by atoms with Crippen LogP contribution < -0.4 is 0 Å². The fourth-order valence-electron chi connectivity index (χ4n) is 2.55. The first-order chi connectivity index (χ1) is 13.3. The van der Waals surface area contributed by atoms with Crippen molar-refractivity contribution in [3.05, 3.63) is 109 Å². The van der Waals surface area contributed by atoms with Gasteiger partial charge in [-0.2, -0.15) is 0 Å². The maximum atomic E-state index is 12.7. The average Bonchev–Trinajstić information content (AvgIpc) is 2.73. The molecule has 3 heteroatoms. The molecular weight excluding hydrogens is 334 g/mol. The Morgan fingerprint density at radius 2 is 1.67 bits per heavy atom. The van der Waals surface area contributed by atoms with E-state index in [0.717, 1.165) is 12.0 Å². The molecule has 0 saturated carbocycles. The number of amides is 1. The quantitative estimate of drug-likeness (QED) is 0.319. The van der Waals surface area contributed by atoms with Crippen LogP contribution >= 0.6 is 0 Å². The highest BCUT2D eigenvalue weighted by Crippen LogP contribution is 2.06. The van der Waals surface area contributed by atoms with Crippen LogP contribution in [0.2, 0.25) is 0 Å². The molecule has 0 N–H and O–H groups in total. The maximum Gasteiger partial charge on any atom is 0.254 e. The highest BCUT2D eigenvalue weighted by atomic mass is 16.5. The van der Waals surface area contributed by atoms with Gasteiger partial charge in [0.25, 0.3) is 5.91 Å². The molecule has 2 aromatic carbocycles. The van der Waals surface area contributed by atoms with Gasteiger partial charge in [0.2, 0.25) is 0 Å². The molecule has 0 aromatic heterocycles. The molecule has 0 spiro atoms. The lowest BCUT2D eigenvalue weighted by atomic mass is 10.2. The van der Waals surface area contributed by atoms with Gasteiger partial charge in [0, 0.05) is 18.7 Å². The van der Waals surface area contributed by atoms with E-state index in [1.165, 1.54) is 0 Å². The molecule has 0 saturated heterocycles. The highest BCUT2D eigenvalue weighted by molar-refractivity contribution is 5.94. The molecular formula is C24H27NO2. The van der Waals surface area contributed by atoms with Crippen LogP contribution in [0.1, 0.15) is 22.3 Å². The fraction of sp³-hybridized carbons (Fsp3) is 0.208. The first kappa shape index (κ1) is 20.4. The van der Waals surface area contributed by atoms with Crippen LogP contribution in [-0.4, -0.2) is 30.5 Å². The Hall–Kier alpha value is -2.91. The predicted octanol–water partition coefficient (Wildman–Crippen LogP) is 5.03. The normalized spacial score (nSPS) is 11.1. The van der Waals surface area contributed by atoms with Gasteiger partial charge < -0.3 is 9.64 Å².